The standard InChI is InChI=1S/C36H40F2/c1-3-5-7-9-10-12-14-30-17-21-32(22-18-30)24-26-34-28-35(37)33(27-36(34)38)25-23-31-19-15-29(16-20-31)13-11-8-6-4-2/h15-22,27-28H,3-14H2,1-2H3. The number of unbranched alkanes of at least 4 members (excludes halogenated alkanes) is 8. The van der Waals surface area contributed by atoms with Gasteiger partial charge in [0, 0.05) is 11.1 Å². The second-order valence-electron chi connectivity index (χ2n) is 10.0. The third kappa shape index (κ3) is 10.2. The Hall–Kier alpha value is -3.36. The van der Waals surface area contributed by atoms with Crippen molar-refractivity contribution in [1.29, 1.82) is 0 Å². The zero-order valence-corrected chi connectivity index (χ0v) is 23.0. The predicted octanol–water partition coefficient (Wildman–Crippen LogP) is 9.79. The molecule has 0 aliphatic rings. The van der Waals surface area contributed by atoms with Crippen molar-refractivity contribution in [3.63, 3.8) is 0 Å². The molecular formula is C36H40F2. The molecule has 0 radical (unpaired) electrons. The van der Waals surface area contributed by atoms with E-state index >= 15 is 0 Å². The van der Waals surface area contributed by atoms with Crippen molar-refractivity contribution in [3.05, 3.63) is 106 Å². The van der Waals surface area contributed by atoms with Gasteiger partial charge in [-0.05, 0) is 73.2 Å². The summed E-state index contributed by atoms with van der Waals surface area (Å²) in [6.45, 7) is 4.44. The van der Waals surface area contributed by atoms with E-state index in [-0.39, 0.29) is 11.1 Å². The minimum Gasteiger partial charge on any atom is -0.206 e. The topological polar surface area (TPSA) is 0 Å². The van der Waals surface area contributed by atoms with E-state index in [1.807, 2.05) is 24.3 Å². The molecule has 0 spiro atoms. The van der Waals surface area contributed by atoms with Crippen molar-refractivity contribution in [2.45, 2.75) is 90.9 Å². The maximum Gasteiger partial charge on any atom is 0.140 e. The summed E-state index contributed by atoms with van der Waals surface area (Å²) in [5.74, 6) is 10.3. The molecule has 0 amide bonds. The van der Waals surface area contributed by atoms with Gasteiger partial charge in [0.05, 0.1) is 11.1 Å². The van der Waals surface area contributed by atoms with Gasteiger partial charge >= 0.3 is 0 Å². The molecule has 0 N–H and O–H groups in total. The lowest BCUT2D eigenvalue weighted by Crippen LogP contribution is -1.92. The van der Waals surface area contributed by atoms with Crippen molar-refractivity contribution in [3.8, 4) is 23.7 Å². The third-order valence-corrected chi connectivity index (χ3v) is 6.79. The molecule has 0 aliphatic heterocycles. The van der Waals surface area contributed by atoms with Crippen LogP contribution in [0.1, 0.15) is 111 Å². The highest BCUT2D eigenvalue weighted by Gasteiger charge is 2.07. The predicted molar refractivity (Wildman–Crippen MR) is 156 cm³/mol. The Balaban J connectivity index is 1.57. The fraction of sp³-hybridized carbons (Fsp3) is 0.389. The molecule has 3 rings (SSSR count). The minimum absolute atomic E-state index is 0.0377. The molecule has 3 aromatic rings. The first-order valence-electron chi connectivity index (χ1n) is 14.3. The third-order valence-electron chi connectivity index (χ3n) is 6.79. The van der Waals surface area contributed by atoms with E-state index in [0.717, 1.165) is 36.1 Å². The van der Waals surface area contributed by atoms with Crippen LogP contribution in [-0.2, 0) is 12.8 Å². The van der Waals surface area contributed by atoms with Gasteiger partial charge in [-0.15, -0.1) is 0 Å². The van der Waals surface area contributed by atoms with E-state index in [4.69, 9.17) is 0 Å². The molecule has 0 nitrogen and oxygen atoms in total. The Labute approximate surface area is 228 Å². The van der Waals surface area contributed by atoms with Crippen LogP contribution < -0.4 is 0 Å². The Kier molecular flexibility index (Phi) is 12.7. The average Bonchev–Trinajstić information content (AvgIpc) is 2.94. The number of hydrogen-bond donors (Lipinski definition) is 0. The van der Waals surface area contributed by atoms with Crippen LogP contribution in [0.4, 0.5) is 8.78 Å². The second kappa shape index (κ2) is 16.5. The monoisotopic (exact) mass is 510 g/mol. The fourth-order valence-electron chi connectivity index (χ4n) is 4.39. The van der Waals surface area contributed by atoms with E-state index in [9.17, 15) is 8.78 Å². The first-order valence-corrected chi connectivity index (χ1v) is 14.3. The summed E-state index contributed by atoms with van der Waals surface area (Å²) in [6.07, 6.45) is 14.7. The first-order chi connectivity index (χ1) is 18.6. The molecule has 198 valence electrons. The van der Waals surface area contributed by atoms with Gasteiger partial charge in [-0.2, -0.15) is 0 Å². The van der Waals surface area contributed by atoms with E-state index in [1.54, 1.807) is 0 Å². The highest BCUT2D eigenvalue weighted by molar-refractivity contribution is 5.49. The summed E-state index contributed by atoms with van der Waals surface area (Å²) in [5, 5.41) is 0. The smallest absolute Gasteiger partial charge is 0.140 e. The molecule has 0 aliphatic carbocycles. The molecule has 0 heterocycles. The minimum atomic E-state index is -0.565. The van der Waals surface area contributed by atoms with Crippen LogP contribution >= 0.6 is 0 Å². The molecular weight excluding hydrogens is 470 g/mol. The first kappa shape index (κ1) is 29.2. The Morgan fingerprint density at radius 2 is 0.842 bits per heavy atom. The Bertz CT molecular complexity index is 1250. The summed E-state index contributed by atoms with van der Waals surface area (Å²) < 4.78 is 29.3. The van der Waals surface area contributed by atoms with Gasteiger partial charge in [0.15, 0.2) is 0 Å². The van der Waals surface area contributed by atoms with Crippen LogP contribution in [0.2, 0.25) is 0 Å². The molecule has 38 heavy (non-hydrogen) atoms. The van der Waals surface area contributed by atoms with E-state index in [1.165, 1.54) is 75.3 Å². The van der Waals surface area contributed by atoms with Gasteiger partial charge in [-0.3, -0.25) is 0 Å². The summed E-state index contributed by atoms with van der Waals surface area (Å²) in [6, 6.07) is 18.3. The van der Waals surface area contributed by atoms with Crippen molar-refractivity contribution < 1.29 is 8.78 Å². The zero-order chi connectivity index (χ0) is 27.0. The van der Waals surface area contributed by atoms with Crippen molar-refractivity contribution in [1.82, 2.24) is 0 Å². The van der Waals surface area contributed by atoms with Gasteiger partial charge < -0.3 is 0 Å². The highest BCUT2D eigenvalue weighted by atomic mass is 19.1. The quantitative estimate of drug-likeness (QED) is 0.168. The summed E-state index contributed by atoms with van der Waals surface area (Å²) in [5.41, 5.74) is 4.21. The molecule has 3 aromatic carbocycles. The number of hydrogen-bond acceptors (Lipinski definition) is 0. The Morgan fingerprint density at radius 1 is 0.474 bits per heavy atom. The van der Waals surface area contributed by atoms with Crippen LogP contribution in [0.15, 0.2) is 60.7 Å². The molecule has 0 fully saturated rings. The normalized spacial score (nSPS) is 10.4. The van der Waals surface area contributed by atoms with E-state index < -0.39 is 11.6 Å². The summed E-state index contributed by atoms with van der Waals surface area (Å²) in [4.78, 5) is 0. The molecule has 0 atom stereocenters. The molecule has 0 saturated heterocycles. The van der Waals surface area contributed by atoms with Gasteiger partial charge in [-0.1, -0.05) is 113 Å². The molecule has 0 bridgehead atoms. The maximum atomic E-state index is 14.7. The zero-order valence-electron chi connectivity index (χ0n) is 23.0. The number of halogens is 2. The Morgan fingerprint density at radius 3 is 1.26 bits per heavy atom. The van der Waals surface area contributed by atoms with Crippen LogP contribution in [0.3, 0.4) is 0 Å². The SMILES string of the molecule is CCCCCCCCc1ccc(C#Cc2cc(F)c(C#Cc3ccc(CCCCCC)cc3)cc2F)cc1. The maximum absolute atomic E-state index is 14.7. The van der Waals surface area contributed by atoms with Crippen LogP contribution in [0.5, 0.6) is 0 Å². The lowest BCUT2D eigenvalue weighted by Gasteiger charge is -2.02. The van der Waals surface area contributed by atoms with Crippen molar-refractivity contribution >= 4 is 0 Å². The van der Waals surface area contributed by atoms with E-state index in [0.29, 0.717) is 0 Å². The summed E-state index contributed by atoms with van der Waals surface area (Å²) >= 11 is 0. The number of benzene rings is 3. The lowest BCUT2D eigenvalue weighted by atomic mass is 10.0. The van der Waals surface area contributed by atoms with Crippen LogP contribution in [0, 0.1) is 35.3 Å². The van der Waals surface area contributed by atoms with Gasteiger partial charge in [0.2, 0.25) is 0 Å². The highest BCUT2D eigenvalue weighted by Crippen LogP contribution is 2.15. The van der Waals surface area contributed by atoms with Crippen molar-refractivity contribution in [2.75, 3.05) is 0 Å². The van der Waals surface area contributed by atoms with E-state index in [2.05, 4.69) is 61.8 Å². The molecule has 0 unspecified atom stereocenters. The lowest BCUT2D eigenvalue weighted by molar-refractivity contribution is 0.594. The molecule has 0 saturated carbocycles. The van der Waals surface area contributed by atoms with Crippen LogP contribution in [0.25, 0.3) is 0 Å². The average molecular weight is 511 g/mol. The second-order valence-corrected chi connectivity index (χ2v) is 10.0. The fourth-order valence-corrected chi connectivity index (χ4v) is 4.39. The van der Waals surface area contributed by atoms with Gasteiger partial charge in [0.1, 0.15) is 11.6 Å². The van der Waals surface area contributed by atoms with Gasteiger partial charge in [-0.25, -0.2) is 8.78 Å². The number of aryl methyl sites for hydroxylation is 2. The number of rotatable bonds is 12. The van der Waals surface area contributed by atoms with Crippen LogP contribution in [-0.4, -0.2) is 0 Å². The van der Waals surface area contributed by atoms with Crippen molar-refractivity contribution in [2.24, 2.45) is 0 Å². The molecule has 2 heteroatoms. The molecule has 0 aromatic heterocycles. The summed E-state index contributed by atoms with van der Waals surface area (Å²) in [7, 11) is 0. The van der Waals surface area contributed by atoms with Gasteiger partial charge in [0.25, 0.3) is 0 Å². The largest absolute Gasteiger partial charge is 0.206 e.